The van der Waals surface area contributed by atoms with E-state index >= 15 is 0 Å². The van der Waals surface area contributed by atoms with Crippen molar-refractivity contribution < 1.29 is 53.8 Å². The van der Waals surface area contributed by atoms with Crippen molar-refractivity contribution in [1.29, 1.82) is 21.0 Å². The summed E-state index contributed by atoms with van der Waals surface area (Å²) in [6.45, 7) is 5.56. The SMILES string of the molecule is CC(C)(C)NC(=O)c1cc2ccccc2c(N=Nc2[nH]ncc2C#N)c1O.COc1ccc(NC(=O)c2cc3cc(OC)ccc3c(N=Nc3[nH]ncc3C#N)c2O)cc1.COc1ccc2c(N=Nc3[nH]ncc3C#N)c(O)c(C(=O)Nc3ccccc3)cc2c1.N#Cc1cn[nH]c1N=Nc1c(O)c(C(=O)Nc2ccccn2)cc2ccccc12. The molecule has 0 aliphatic carbocycles. The molecule has 0 aliphatic rings. The van der Waals surface area contributed by atoms with Crippen molar-refractivity contribution in [3.63, 3.8) is 0 Å². The number of nitriles is 4. The van der Waals surface area contributed by atoms with Crippen LogP contribution in [-0.4, -0.2) is 117 Å². The van der Waals surface area contributed by atoms with Gasteiger partial charge in [0.15, 0.2) is 46.3 Å². The number of para-hydroxylation sites is 1. The predicted octanol–water partition coefficient (Wildman–Crippen LogP) is 17.9. The molecule has 4 amide bonds. The van der Waals surface area contributed by atoms with Gasteiger partial charge in [0.25, 0.3) is 23.6 Å². The van der Waals surface area contributed by atoms with E-state index in [0.717, 1.165) is 5.39 Å². The fraction of sp³-hybridized carbons (Fsp3) is 0.0833. The van der Waals surface area contributed by atoms with E-state index in [0.29, 0.717) is 72.1 Å². The Labute approximate surface area is 679 Å². The van der Waals surface area contributed by atoms with Gasteiger partial charge in [-0.25, -0.2) is 4.98 Å². The molecule has 0 spiro atoms. The van der Waals surface area contributed by atoms with Crippen LogP contribution in [0.25, 0.3) is 43.1 Å². The first kappa shape index (κ1) is 81.6. The minimum atomic E-state index is -0.543. The highest BCUT2D eigenvalue weighted by atomic mass is 16.5. The number of pyridine rings is 1. The van der Waals surface area contributed by atoms with Gasteiger partial charge in [0.05, 0.1) is 68.4 Å². The van der Waals surface area contributed by atoms with Crippen LogP contribution in [0, 0.1) is 45.3 Å². The van der Waals surface area contributed by atoms with Gasteiger partial charge >= 0.3 is 0 Å². The number of hydrogen-bond acceptors (Lipinski definition) is 28. The number of phenols is 4. The highest BCUT2D eigenvalue weighted by Crippen LogP contribution is 2.45. The molecule has 5 aromatic heterocycles. The smallest absolute Gasteiger partial charge is 0.260 e. The molecule has 0 bridgehead atoms. The lowest BCUT2D eigenvalue weighted by Gasteiger charge is -2.21. The number of nitrogens with zero attached hydrogens (tertiary/aromatic N) is 17. The zero-order valence-electron chi connectivity index (χ0n) is 64.0. The van der Waals surface area contributed by atoms with E-state index in [4.69, 9.17) is 35.3 Å². The number of carbonyl (C=O) groups is 4. The number of ether oxygens (including phenoxy) is 3. The van der Waals surface area contributed by atoms with Gasteiger partial charge in [-0.1, -0.05) is 72.8 Å². The molecule has 36 heteroatoms. The molecule has 0 saturated carbocycles. The minimum Gasteiger partial charge on any atom is -0.505 e. The molecule has 120 heavy (non-hydrogen) atoms. The van der Waals surface area contributed by atoms with E-state index in [9.17, 15) is 39.6 Å². The molecule has 12 N–H and O–H groups in total. The second-order valence-corrected chi connectivity index (χ2v) is 26.3. The van der Waals surface area contributed by atoms with Crippen LogP contribution >= 0.6 is 0 Å². The topological polar surface area (TPSA) is 547 Å². The maximum absolute atomic E-state index is 13.0. The number of aromatic nitrogens is 9. The lowest BCUT2D eigenvalue weighted by atomic mass is 10.0. The van der Waals surface area contributed by atoms with Crippen molar-refractivity contribution >= 4 is 130 Å². The first-order valence-corrected chi connectivity index (χ1v) is 35.6. The summed E-state index contributed by atoms with van der Waals surface area (Å²) >= 11 is 0. The standard InChI is InChI=1S/C23H18N6O4.C22H16N6O3.C20H13N7O2.C19H18N6O2/c1-32-16-5-3-15(4-6-16)26-23(31)19-10-13-9-17(33-2)7-8-18(13)20(21(19)30)27-29-22-14(11-24)12-25-28-22;1-31-16-7-8-17-13(9-16)10-18(22(30)25-15-5-3-2-4-6-15)20(29)19(17)26-28-21-14(11-23)12-24-27-21;21-10-13-11-23-26-19(13)27-25-17-14-6-2-1-5-12(14)9-15(18(17)28)20(29)24-16-7-3-4-8-22-16;1-19(2,3)22-18(27)14-8-11-6-4-5-7-13(11)15(16(14)26)23-25-17-12(9-20)10-21-24-17/h3-10,12,30H,1-2H3,(H,25,28)(H,26,31);2-10,12,29H,1H3,(H,24,27)(H,25,30);1-9,11,28H,(H,23,26)(H,22,24,29);4-8,10,26H,1-3H3,(H,21,24)(H,22,27). The lowest BCUT2D eigenvalue weighted by Crippen LogP contribution is -2.40. The largest absolute Gasteiger partial charge is 0.505 e. The van der Waals surface area contributed by atoms with Gasteiger partial charge in [0.1, 0.15) is 92.3 Å². The average Bonchev–Trinajstić information content (AvgIpc) is 1.16. The second-order valence-electron chi connectivity index (χ2n) is 26.3. The minimum absolute atomic E-state index is 0.00867. The number of methoxy groups -OCH3 is 3. The third-order valence-electron chi connectivity index (χ3n) is 17.3. The molecule has 36 nitrogen and oxygen atoms in total. The van der Waals surface area contributed by atoms with Gasteiger partial charge in [-0.3, -0.25) is 39.6 Å². The number of azo groups is 4. The van der Waals surface area contributed by atoms with Crippen molar-refractivity contribution in [3.8, 4) is 64.5 Å². The Morgan fingerprint density at radius 1 is 0.367 bits per heavy atom. The number of fused-ring (bicyclic) bond motifs is 4. The molecule has 5 heterocycles. The number of benzene rings is 10. The van der Waals surface area contributed by atoms with Gasteiger partial charge < -0.3 is 55.9 Å². The highest BCUT2D eigenvalue weighted by Gasteiger charge is 2.26. The van der Waals surface area contributed by atoms with Crippen LogP contribution in [0.4, 0.5) is 63.2 Å². The third kappa shape index (κ3) is 19.0. The van der Waals surface area contributed by atoms with Gasteiger partial charge in [-0.15, -0.1) is 40.9 Å². The normalized spacial score (nSPS) is 11.0. The number of rotatable bonds is 18. The summed E-state index contributed by atoms with van der Waals surface area (Å²) in [4.78, 5) is 55.3. The third-order valence-corrected chi connectivity index (χ3v) is 17.3. The van der Waals surface area contributed by atoms with Crippen LogP contribution in [0.3, 0.4) is 0 Å². The van der Waals surface area contributed by atoms with Crippen LogP contribution in [-0.2, 0) is 0 Å². The Kier molecular flexibility index (Phi) is 25.2. The van der Waals surface area contributed by atoms with Crippen molar-refractivity contribution in [1.82, 2.24) is 51.1 Å². The fourth-order valence-electron chi connectivity index (χ4n) is 11.5. The zero-order chi connectivity index (χ0) is 85.0. The van der Waals surface area contributed by atoms with Gasteiger partial charge in [-0.2, -0.15) is 41.4 Å². The number of anilines is 3. The van der Waals surface area contributed by atoms with Crippen molar-refractivity contribution in [2.75, 3.05) is 37.3 Å². The molecule has 0 unspecified atom stereocenters. The van der Waals surface area contributed by atoms with E-state index in [1.807, 2.05) is 69.3 Å². The number of aromatic amines is 4. The Balaban J connectivity index is 0.000000147. The molecule has 592 valence electrons. The summed E-state index contributed by atoms with van der Waals surface area (Å²) in [6, 6.07) is 59.4. The fourth-order valence-corrected chi connectivity index (χ4v) is 11.5. The number of aromatic hydroxyl groups is 4. The predicted molar refractivity (Wildman–Crippen MR) is 440 cm³/mol. The van der Waals surface area contributed by atoms with Crippen LogP contribution in [0.15, 0.2) is 254 Å². The van der Waals surface area contributed by atoms with Gasteiger partial charge in [0, 0.05) is 44.7 Å². The van der Waals surface area contributed by atoms with Gasteiger partial charge in [-0.05, 0) is 152 Å². The van der Waals surface area contributed by atoms with Crippen LogP contribution in [0.1, 0.15) is 84.5 Å². The molecule has 0 radical (unpaired) electrons. The Morgan fingerprint density at radius 3 is 1.05 bits per heavy atom. The molecular weight excluding hydrogens is 1540 g/mol. The highest BCUT2D eigenvalue weighted by molar-refractivity contribution is 6.14. The number of phenolic OH excluding ortho intramolecular Hbond substituents is 4. The first-order valence-electron chi connectivity index (χ1n) is 35.6. The number of H-pyrrole nitrogens is 4. The van der Waals surface area contributed by atoms with Crippen LogP contribution in [0.2, 0.25) is 0 Å². The molecule has 0 atom stereocenters. The molecule has 10 aromatic carbocycles. The van der Waals surface area contributed by atoms with E-state index in [1.54, 1.807) is 171 Å². The summed E-state index contributed by atoms with van der Waals surface area (Å²) < 4.78 is 15.7. The maximum Gasteiger partial charge on any atom is 0.260 e. The summed E-state index contributed by atoms with van der Waals surface area (Å²) in [5.41, 5.74) is 1.99. The summed E-state index contributed by atoms with van der Waals surface area (Å²) in [5.74, 6) is -0.583. The quantitative estimate of drug-likeness (QED) is 0.0355. The Bertz CT molecular complexity index is 6700. The molecule has 0 saturated heterocycles. The van der Waals surface area contributed by atoms with E-state index in [1.165, 1.54) is 39.0 Å². The van der Waals surface area contributed by atoms with Gasteiger partial charge in [0.2, 0.25) is 0 Å². The number of hydrogen-bond donors (Lipinski definition) is 12. The Morgan fingerprint density at radius 2 is 0.692 bits per heavy atom. The lowest BCUT2D eigenvalue weighted by molar-refractivity contribution is 0.0915. The Hall–Kier alpha value is -17.9. The van der Waals surface area contributed by atoms with E-state index < -0.39 is 29.2 Å². The second kappa shape index (κ2) is 37.1. The van der Waals surface area contributed by atoms with E-state index in [-0.39, 0.29) is 114 Å². The first-order chi connectivity index (χ1) is 58.1. The molecule has 15 aromatic rings. The monoisotopic (exact) mass is 1600 g/mol. The molecule has 0 fully saturated rings. The number of carbonyl (C=O) groups excluding carboxylic acids is 4. The summed E-state index contributed by atoms with van der Waals surface area (Å²) in [7, 11) is 4.61. The van der Waals surface area contributed by atoms with Crippen LogP contribution < -0.4 is 35.5 Å². The molecular formula is C84H65N25O11. The van der Waals surface area contributed by atoms with Crippen molar-refractivity contribution in [2.24, 2.45) is 40.9 Å². The average molecular weight is 1600 g/mol. The van der Waals surface area contributed by atoms with Crippen LogP contribution in [0.5, 0.6) is 40.2 Å². The van der Waals surface area contributed by atoms with Crippen molar-refractivity contribution in [3.05, 3.63) is 257 Å². The maximum atomic E-state index is 13.0. The van der Waals surface area contributed by atoms with E-state index in [2.05, 4.69) is 108 Å². The summed E-state index contributed by atoms with van der Waals surface area (Å²) in [5, 5.41) is 153. The molecule has 15 rings (SSSR count). The zero-order valence-corrected chi connectivity index (χ0v) is 64.0. The molecule has 0 aliphatic heterocycles. The summed E-state index contributed by atoms with van der Waals surface area (Å²) in [6.07, 6.45) is 6.84. The number of amides is 4. The number of nitrogens with one attached hydrogen (secondary N) is 8. The van der Waals surface area contributed by atoms with Crippen molar-refractivity contribution in [2.45, 2.75) is 26.3 Å².